The molecule has 1 saturated heterocycles. The minimum absolute atomic E-state index is 0.00483. The molecule has 1 aliphatic heterocycles. The SMILES string of the molecule is CSc1nc(N)nc2c1nc(I)n2[C@@H]1O[C@H](COP(=O)(N[C@@H](C)C(=O)OCC(C)(C)C)Oc2cccc3ccccc23)[C@@H](O)[C@@]1(C)O. The second kappa shape index (κ2) is 13.7. The molecule has 0 bridgehead atoms. The molecule has 0 aliphatic carbocycles. The van der Waals surface area contributed by atoms with Crippen molar-refractivity contribution in [3.8, 4) is 5.75 Å². The fourth-order valence-corrected chi connectivity index (χ4v) is 7.77. The highest BCUT2D eigenvalue weighted by molar-refractivity contribution is 14.1. The number of carbonyl (C=O) groups excluding carboxylic acids is 1. The van der Waals surface area contributed by atoms with Gasteiger partial charge in [0.15, 0.2) is 15.7 Å². The van der Waals surface area contributed by atoms with Crippen molar-refractivity contribution in [3.05, 3.63) is 46.3 Å². The second-order valence-corrected chi connectivity index (χ2v) is 16.0. The number of carbonyl (C=O) groups is 1. The molecular formula is C30H38IN6O8PS. The summed E-state index contributed by atoms with van der Waals surface area (Å²) in [7, 11) is -4.37. The summed E-state index contributed by atoms with van der Waals surface area (Å²) >= 11 is 3.31. The quantitative estimate of drug-likeness (QED) is 0.0409. The second-order valence-electron chi connectivity index (χ2n) is 12.6. The largest absolute Gasteiger partial charge is 0.464 e. The predicted molar refractivity (Wildman–Crippen MR) is 186 cm³/mol. The summed E-state index contributed by atoms with van der Waals surface area (Å²) in [4.78, 5) is 26.0. The number of benzene rings is 2. The number of nitrogens with one attached hydrogen (secondary N) is 1. The highest BCUT2D eigenvalue weighted by atomic mass is 127. The maximum Gasteiger partial charge on any atom is 0.459 e. The van der Waals surface area contributed by atoms with Gasteiger partial charge in [0.25, 0.3) is 0 Å². The monoisotopic (exact) mass is 800 g/mol. The van der Waals surface area contributed by atoms with E-state index < -0.39 is 50.4 Å². The van der Waals surface area contributed by atoms with Crippen molar-refractivity contribution in [2.75, 3.05) is 25.2 Å². The summed E-state index contributed by atoms with van der Waals surface area (Å²) in [6.07, 6.45) is -2.08. The van der Waals surface area contributed by atoms with Gasteiger partial charge in [0.2, 0.25) is 5.95 Å². The maximum atomic E-state index is 14.4. The van der Waals surface area contributed by atoms with Crippen LogP contribution in [0.25, 0.3) is 21.9 Å². The number of rotatable bonds is 11. The summed E-state index contributed by atoms with van der Waals surface area (Å²) < 4.78 is 39.8. The Balaban J connectivity index is 1.42. The Bertz CT molecular complexity index is 1830. The van der Waals surface area contributed by atoms with Crippen molar-refractivity contribution < 1.29 is 38.1 Å². The van der Waals surface area contributed by atoms with Gasteiger partial charge in [0.05, 0.1) is 13.2 Å². The van der Waals surface area contributed by atoms with Crippen molar-refractivity contribution >= 4 is 76.0 Å². The van der Waals surface area contributed by atoms with Crippen molar-refractivity contribution in [2.45, 2.75) is 69.7 Å². The molecule has 3 heterocycles. The van der Waals surface area contributed by atoms with Crippen molar-refractivity contribution in [3.63, 3.8) is 0 Å². The fraction of sp³-hybridized carbons (Fsp3) is 0.467. The molecule has 14 nitrogen and oxygen atoms in total. The third kappa shape index (κ3) is 7.69. The number of halogens is 1. The Morgan fingerprint density at radius 1 is 1.23 bits per heavy atom. The van der Waals surface area contributed by atoms with Gasteiger partial charge in [-0.15, -0.1) is 11.8 Å². The van der Waals surface area contributed by atoms with Crippen LogP contribution in [-0.2, 0) is 23.4 Å². The lowest BCUT2D eigenvalue weighted by molar-refractivity contribution is -0.148. The Labute approximate surface area is 289 Å². The van der Waals surface area contributed by atoms with E-state index in [4.69, 9.17) is 24.3 Å². The standard InChI is InChI=1S/C30H38IN6O8PS/c1-16(25(39)42-15-29(2,3)4)36-46(41,45-19-13-9-11-17-10-7-8-12-18(17)19)43-14-20-22(38)30(5,40)26(44-20)37-23-21(33-27(37)31)24(47-6)35-28(32)34-23/h7-13,16,20,22,26,38,40H,14-15H2,1-6H3,(H,36,41)(H2,32,34,35)/t16-,20+,22+,26+,30+,46?/m0/s1. The first kappa shape index (κ1) is 35.7. The van der Waals surface area contributed by atoms with Gasteiger partial charge in [0.1, 0.15) is 40.1 Å². The number of nitrogens with zero attached hydrogens (tertiary/aromatic N) is 4. The van der Waals surface area contributed by atoms with Crippen LogP contribution >= 0.6 is 42.1 Å². The molecule has 0 amide bonds. The fourth-order valence-electron chi connectivity index (χ4n) is 5.01. The van der Waals surface area contributed by atoms with E-state index in [-0.39, 0.29) is 23.7 Å². The van der Waals surface area contributed by atoms with Gasteiger partial charge in [-0.1, -0.05) is 57.2 Å². The number of anilines is 1. The molecule has 0 saturated carbocycles. The van der Waals surface area contributed by atoms with Gasteiger partial charge < -0.3 is 29.9 Å². The van der Waals surface area contributed by atoms with Crippen LogP contribution in [-0.4, -0.2) is 79.0 Å². The molecule has 5 rings (SSSR count). The van der Waals surface area contributed by atoms with Crippen molar-refractivity contribution in [1.82, 2.24) is 24.6 Å². The lowest BCUT2D eigenvalue weighted by Gasteiger charge is -2.28. The number of esters is 1. The van der Waals surface area contributed by atoms with Crippen molar-refractivity contribution in [1.29, 1.82) is 0 Å². The number of imidazole rings is 1. The minimum Gasteiger partial charge on any atom is -0.464 e. The summed E-state index contributed by atoms with van der Waals surface area (Å²) in [5.74, 6) is -0.406. The van der Waals surface area contributed by atoms with Gasteiger partial charge in [-0.25, -0.2) is 14.5 Å². The number of fused-ring (bicyclic) bond motifs is 2. The van der Waals surface area contributed by atoms with E-state index in [1.54, 1.807) is 18.2 Å². The first-order valence-corrected chi connectivity index (χ1v) is 18.5. The van der Waals surface area contributed by atoms with Crippen LogP contribution < -0.4 is 15.3 Å². The van der Waals surface area contributed by atoms with Gasteiger partial charge in [-0.2, -0.15) is 10.1 Å². The number of nitrogen functional groups attached to an aromatic ring is 1. The van der Waals surface area contributed by atoms with Crippen LogP contribution in [0, 0.1) is 9.25 Å². The number of thioether (sulfide) groups is 1. The van der Waals surface area contributed by atoms with Gasteiger partial charge in [-0.3, -0.25) is 13.9 Å². The zero-order valence-corrected chi connectivity index (χ0v) is 30.6. The zero-order chi connectivity index (χ0) is 34.3. The molecule has 254 valence electrons. The van der Waals surface area contributed by atoms with E-state index >= 15 is 0 Å². The number of aliphatic hydroxyl groups is 2. The lowest BCUT2D eigenvalue weighted by Crippen LogP contribution is -2.45. The molecule has 2 aromatic carbocycles. The Morgan fingerprint density at radius 2 is 1.94 bits per heavy atom. The Kier molecular flexibility index (Phi) is 10.4. The molecule has 1 aliphatic rings. The molecular weight excluding hydrogens is 762 g/mol. The highest BCUT2D eigenvalue weighted by Gasteiger charge is 2.55. The first-order valence-electron chi connectivity index (χ1n) is 14.7. The van der Waals surface area contributed by atoms with E-state index in [0.29, 0.717) is 25.4 Å². The summed E-state index contributed by atoms with van der Waals surface area (Å²) in [6.45, 7) is 8.29. The first-order chi connectivity index (χ1) is 22.0. The Morgan fingerprint density at radius 3 is 2.64 bits per heavy atom. The highest BCUT2D eigenvalue weighted by Crippen LogP contribution is 2.49. The molecule has 17 heteroatoms. The van der Waals surface area contributed by atoms with Crippen LogP contribution in [0.2, 0.25) is 0 Å². The van der Waals surface area contributed by atoms with Crippen LogP contribution in [0.5, 0.6) is 5.75 Å². The average Bonchev–Trinajstić information content (AvgIpc) is 3.44. The van der Waals surface area contributed by atoms with E-state index in [9.17, 15) is 19.6 Å². The zero-order valence-electron chi connectivity index (χ0n) is 26.7. The predicted octanol–water partition coefficient (Wildman–Crippen LogP) is 4.67. The molecule has 1 fully saturated rings. The van der Waals surface area contributed by atoms with Crippen LogP contribution in [0.3, 0.4) is 0 Å². The van der Waals surface area contributed by atoms with Gasteiger partial charge >= 0.3 is 13.7 Å². The molecule has 2 aromatic heterocycles. The maximum absolute atomic E-state index is 14.4. The Hall–Kier alpha value is -2.57. The molecule has 6 atom stereocenters. The number of aliphatic hydroxyl groups excluding tert-OH is 1. The number of ether oxygens (including phenoxy) is 2. The van der Waals surface area contributed by atoms with E-state index in [1.807, 2.05) is 73.9 Å². The molecule has 0 radical (unpaired) electrons. The third-order valence-electron chi connectivity index (χ3n) is 7.39. The number of aromatic nitrogens is 4. The molecule has 5 N–H and O–H groups in total. The smallest absolute Gasteiger partial charge is 0.459 e. The van der Waals surface area contributed by atoms with E-state index in [2.05, 4.69) is 20.0 Å². The molecule has 0 spiro atoms. The van der Waals surface area contributed by atoms with E-state index in [0.717, 1.165) is 5.39 Å². The van der Waals surface area contributed by atoms with E-state index in [1.165, 1.54) is 30.2 Å². The topological polar surface area (TPSA) is 193 Å². The third-order valence-corrected chi connectivity index (χ3v) is 10.5. The van der Waals surface area contributed by atoms with Gasteiger partial charge in [0, 0.05) is 28.0 Å². The summed E-state index contributed by atoms with van der Waals surface area (Å²) in [6, 6.07) is 11.5. The number of nitrogens with two attached hydrogens (primary N) is 1. The lowest BCUT2D eigenvalue weighted by atomic mass is 9.96. The van der Waals surface area contributed by atoms with Crippen LogP contribution in [0.1, 0.15) is 40.8 Å². The minimum atomic E-state index is -4.37. The summed E-state index contributed by atoms with van der Waals surface area (Å²) in [5.41, 5.74) is 4.55. The molecule has 47 heavy (non-hydrogen) atoms. The van der Waals surface area contributed by atoms with Gasteiger partial charge in [-0.05, 0) is 37.0 Å². The normalized spacial score (nSPS) is 23.6. The number of hydrogen-bond acceptors (Lipinski definition) is 13. The summed E-state index contributed by atoms with van der Waals surface area (Å²) in [5, 5.41) is 27.5. The van der Waals surface area contributed by atoms with Crippen molar-refractivity contribution in [2.24, 2.45) is 5.41 Å². The number of hydrogen-bond donors (Lipinski definition) is 4. The average molecular weight is 801 g/mol. The van der Waals surface area contributed by atoms with Crippen LogP contribution in [0.15, 0.2) is 47.5 Å². The molecule has 4 aromatic rings. The molecule has 1 unspecified atom stereocenters. The van der Waals surface area contributed by atoms with Crippen LogP contribution in [0.4, 0.5) is 5.95 Å².